The average molecular weight is 196 g/mol. The molecule has 0 radical (unpaired) electrons. The molecule has 0 aromatic carbocycles. The minimum absolute atomic E-state index is 0.464. The quantitative estimate of drug-likeness (QED) is 0.672. The van der Waals surface area contributed by atoms with E-state index in [4.69, 9.17) is 10.5 Å². The molecule has 3 heterocycles. The third-order valence-corrected chi connectivity index (χ3v) is 4.15. The van der Waals surface area contributed by atoms with Crippen molar-refractivity contribution in [2.24, 2.45) is 5.73 Å². The summed E-state index contributed by atoms with van der Waals surface area (Å²) >= 11 is 0. The zero-order valence-electron chi connectivity index (χ0n) is 8.69. The standard InChI is InChI=1S/C11H20N2O/c12-8-5-9-1-2-10(6-8)13(9)11-3-4-14-7-11/h8-11H,1-7,12H2. The Hall–Kier alpha value is -0.120. The van der Waals surface area contributed by atoms with Crippen LogP contribution < -0.4 is 5.73 Å². The lowest BCUT2D eigenvalue weighted by Gasteiger charge is -2.41. The molecule has 0 aromatic heterocycles. The van der Waals surface area contributed by atoms with Gasteiger partial charge in [-0.3, -0.25) is 4.90 Å². The maximum Gasteiger partial charge on any atom is 0.0622 e. The number of hydrogen-bond acceptors (Lipinski definition) is 3. The molecule has 0 amide bonds. The van der Waals surface area contributed by atoms with Crippen LogP contribution in [0.3, 0.4) is 0 Å². The van der Waals surface area contributed by atoms with Crippen LogP contribution in [0, 0.1) is 0 Å². The predicted octanol–water partition coefficient (Wildman–Crippen LogP) is 0.729. The Morgan fingerprint density at radius 2 is 1.71 bits per heavy atom. The summed E-state index contributed by atoms with van der Waals surface area (Å²) in [6.07, 6.45) is 6.41. The van der Waals surface area contributed by atoms with Gasteiger partial charge in [0.2, 0.25) is 0 Å². The lowest BCUT2D eigenvalue weighted by Crippen LogP contribution is -2.52. The molecule has 2 bridgehead atoms. The van der Waals surface area contributed by atoms with E-state index in [9.17, 15) is 0 Å². The monoisotopic (exact) mass is 196 g/mol. The molecular weight excluding hydrogens is 176 g/mol. The van der Waals surface area contributed by atoms with E-state index in [1.807, 2.05) is 0 Å². The molecule has 3 aliphatic rings. The highest BCUT2D eigenvalue weighted by Crippen LogP contribution is 2.38. The van der Waals surface area contributed by atoms with E-state index in [0.717, 1.165) is 25.3 Å². The molecule has 0 aliphatic carbocycles. The van der Waals surface area contributed by atoms with E-state index in [1.54, 1.807) is 0 Å². The minimum atomic E-state index is 0.464. The second kappa shape index (κ2) is 3.47. The molecule has 14 heavy (non-hydrogen) atoms. The lowest BCUT2D eigenvalue weighted by molar-refractivity contribution is 0.0666. The molecule has 3 rings (SSSR count). The number of rotatable bonds is 1. The van der Waals surface area contributed by atoms with Crippen molar-refractivity contribution < 1.29 is 4.74 Å². The molecule has 3 nitrogen and oxygen atoms in total. The highest BCUT2D eigenvalue weighted by Gasteiger charge is 2.43. The van der Waals surface area contributed by atoms with Crippen molar-refractivity contribution in [1.29, 1.82) is 0 Å². The van der Waals surface area contributed by atoms with E-state index >= 15 is 0 Å². The molecule has 3 heteroatoms. The van der Waals surface area contributed by atoms with Gasteiger partial charge < -0.3 is 10.5 Å². The molecule has 3 fully saturated rings. The first-order valence-electron chi connectivity index (χ1n) is 5.95. The maximum atomic E-state index is 6.06. The molecule has 0 aromatic rings. The first-order valence-corrected chi connectivity index (χ1v) is 5.95. The predicted molar refractivity (Wildman–Crippen MR) is 55.1 cm³/mol. The van der Waals surface area contributed by atoms with Crippen LogP contribution in [0.4, 0.5) is 0 Å². The van der Waals surface area contributed by atoms with Crippen molar-refractivity contribution in [1.82, 2.24) is 4.90 Å². The number of ether oxygens (including phenoxy) is 1. The Morgan fingerprint density at radius 3 is 2.29 bits per heavy atom. The van der Waals surface area contributed by atoms with Crippen LogP contribution in [-0.2, 0) is 4.74 Å². The van der Waals surface area contributed by atoms with Crippen LogP contribution in [0.5, 0.6) is 0 Å². The van der Waals surface area contributed by atoms with Gasteiger partial charge in [-0.1, -0.05) is 0 Å². The summed E-state index contributed by atoms with van der Waals surface area (Å²) in [4.78, 5) is 2.73. The molecule has 3 atom stereocenters. The summed E-state index contributed by atoms with van der Waals surface area (Å²) in [5, 5.41) is 0. The van der Waals surface area contributed by atoms with Gasteiger partial charge in [-0.25, -0.2) is 0 Å². The van der Waals surface area contributed by atoms with Crippen LogP contribution >= 0.6 is 0 Å². The van der Waals surface area contributed by atoms with Gasteiger partial charge in [-0.15, -0.1) is 0 Å². The molecule has 3 aliphatic heterocycles. The topological polar surface area (TPSA) is 38.5 Å². The van der Waals surface area contributed by atoms with Crippen LogP contribution in [0.25, 0.3) is 0 Å². The Kier molecular flexibility index (Phi) is 2.26. The first kappa shape index (κ1) is 9.13. The second-order valence-corrected chi connectivity index (χ2v) is 5.08. The minimum Gasteiger partial charge on any atom is -0.380 e. The fourth-order valence-corrected chi connectivity index (χ4v) is 3.61. The summed E-state index contributed by atoms with van der Waals surface area (Å²) in [7, 11) is 0. The average Bonchev–Trinajstić information content (AvgIpc) is 2.72. The van der Waals surface area contributed by atoms with Gasteiger partial charge in [0.1, 0.15) is 0 Å². The van der Waals surface area contributed by atoms with Gasteiger partial charge >= 0.3 is 0 Å². The summed E-state index contributed by atoms with van der Waals surface area (Å²) in [5.41, 5.74) is 6.06. The van der Waals surface area contributed by atoms with E-state index in [-0.39, 0.29) is 0 Å². The van der Waals surface area contributed by atoms with Crippen molar-refractivity contribution in [3.8, 4) is 0 Å². The molecule has 3 saturated heterocycles. The fourth-order valence-electron chi connectivity index (χ4n) is 3.61. The Morgan fingerprint density at radius 1 is 1.00 bits per heavy atom. The zero-order valence-corrected chi connectivity index (χ0v) is 8.69. The summed E-state index contributed by atoms with van der Waals surface area (Å²) < 4.78 is 5.49. The fraction of sp³-hybridized carbons (Fsp3) is 1.00. The van der Waals surface area contributed by atoms with Crippen molar-refractivity contribution in [3.05, 3.63) is 0 Å². The van der Waals surface area contributed by atoms with E-state index in [1.165, 1.54) is 32.1 Å². The third kappa shape index (κ3) is 1.38. The molecule has 2 N–H and O–H groups in total. The number of piperidine rings is 1. The number of hydrogen-bond donors (Lipinski definition) is 1. The van der Waals surface area contributed by atoms with Crippen LogP contribution in [0.1, 0.15) is 32.1 Å². The highest BCUT2D eigenvalue weighted by atomic mass is 16.5. The summed E-state index contributed by atoms with van der Waals surface area (Å²) in [5.74, 6) is 0. The SMILES string of the molecule is NC1CC2CCC(C1)N2C1CCOC1. The summed E-state index contributed by atoms with van der Waals surface area (Å²) in [6.45, 7) is 1.93. The van der Waals surface area contributed by atoms with Crippen LogP contribution in [0.15, 0.2) is 0 Å². The zero-order chi connectivity index (χ0) is 9.54. The molecule has 0 spiro atoms. The van der Waals surface area contributed by atoms with Gasteiger partial charge in [0.25, 0.3) is 0 Å². The van der Waals surface area contributed by atoms with Gasteiger partial charge in [-0.2, -0.15) is 0 Å². The third-order valence-electron chi connectivity index (χ3n) is 4.15. The largest absolute Gasteiger partial charge is 0.380 e. The van der Waals surface area contributed by atoms with Gasteiger partial charge in [-0.05, 0) is 32.1 Å². The number of fused-ring (bicyclic) bond motifs is 2. The molecular formula is C11H20N2O. The van der Waals surface area contributed by atoms with E-state index in [0.29, 0.717) is 12.1 Å². The Balaban J connectivity index is 1.74. The maximum absolute atomic E-state index is 6.06. The molecule has 80 valence electrons. The van der Waals surface area contributed by atoms with Crippen LogP contribution in [-0.4, -0.2) is 42.3 Å². The van der Waals surface area contributed by atoms with Crippen molar-refractivity contribution >= 4 is 0 Å². The molecule has 0 saturated carbocycles. The first-order chi connectivity index (χ1) is 6.84. The van der Waals surface area contributed by atoms with Crippen molar-refractivity contribution in [2.75, 3.05) is 13.2 Å². The Bertz CT molecular complexity index is 201. The number of nitrogens with two attached hydrogens (primary N) is 1. The van der Waals surface area contributed by atoms with E-state index in [2.05, 4.69) is 4.90 Å². The van der Waals surface area contributed by atoms with Crippen molar-refractivity contribution in [3.63, 3.8) is 0 Å². The highest BCUT2D eigenvalue weighted by molar-refractivity contribution is 4.99. The van der Waals surface area contributed by atoms with Gasteiger partial charge in [0.05, 0.1) is 6.61 Å². The number of nitrogens with zero attached hydrogens (tertiary/aromatic N) is 1. The van der Waals surface area contributed by atoms with E-state index < -0.39 is 0 Å². The second-order valence-electron chi connectivity index (χ2n) is 5.08. The van der Waals surface area contributed by atoms with Gasteiger partial charge in [0.15, 0.2) is 0 Å². The lowest BCUT2D eigenvalue weighted by atomic mass is 9.96. The summed E-state index contributed by atoms with van der Waals surface area (Å²) in [6, 6.07) is 2.72. The smallest absolute Gasteiger partial charge is 0.0622 e. The van der Waals surface area contributed by atoms with Crippen molar-refractivity contribution in [2.45, 2.75) is 56.3 Å². The van der Waals surface area contributed by atoms with Gasteiger partial charge in [0, 0.05) is 30.8 Å². The Labute approximate surface area is 85.6 Å². The van der Waals surface area contributed by atoms with Crippen LogP contribution in [0.2, 0.25) is 0 Å². The molecule has 3 unspecified atom stereocenters. The normalized spacial score (nSPS) is 48.6.